The molecule has 0 spiro atoms. The first-order valence-electron chi connectivity index (χ1n) is 7.36. The van der Waals surface area contributed by atoms with Crippen molar-refractivity contribution in [3.63, 3.8) is 0 Å². The van der Waals surface area contributed by atoms with Crippen LogP contribution in [0.5, 0.6) is 0 Å². The van der Waals surface area contributed by atoms with E-state index in [1.165, 1.54) is 12.1 Å². The molecule has 116 valence electrons. The number of hydrogen-bond acceptors (Lipinski definition) is 3. The Morgan fingerprint density at radius 3 is 3.10 bits per heavy atom. The van der Waals surface area contributed by atoms with Crippen LogP contribution >= 0.6 is 11.8 Å². The van der Waals surface area contributed by atoms with Gasteiger partial charge in [-0.25, -0.2) is 4.39 Å². The van der Waals surface area contributed by atoms with Crippen molar-refractivity contribution in [1.82, 2.24) is 0 Å². The molecular formula is C16H22FNO2S. The Kier molecular flexibility index (Phi) is 6.06. The standard InChI is InChI=1S/C16H22FNO2S/c1-12(5-3-9-20-2)16(19)18-8-4-10-21-15-7-6-13(17)11-14(15)18/h6-7,11-12H,3-5,8-10H2,1-2H3/t12-/m0/s1. The lowest BCUT2D eigenvalue weighted by Gasteiger charge is -2.25. The van der Waals surface area contributed by atoms with Gasteiger partial charge in [0, 0.05) is 31.1 Å². The van der Waals surface area contributed by atoms with Crippen LogP contribution in [0.25, 0.3) is 0 Å². The molecule has 3 nitrogen and oxygen atoms in total. The Balaban J connectivity index is 2.15. The van der Waals surface area contributed by atoms with Crippen molar-refractivity contribution in [2.45, 2.75) is 31.1 Å². The number of carbonyl (C=O) groups is 1. The summed E-state index contributed by atoms with van der Waals surface area (Å²) in [6.45, 7) is 3.27. The number of hydrogen-bond donors (Lipinski definition) is 0. The molecule has 0 saturated carbocycles. The number of nitrogens with zero attached hydrogens (tertiary/aromatic N) is 1. The molecule has 21 heavy (non-hydrogen) atoms. The molecule has 5 heteroatoms. The molecule has 1 aliphatic rings. The fourth-order valence-corrected chi connectivity index (χ4v) is 3.48. The van der Waals surface area contributed by atoms with Crippen LogP contribution in [-0.4, -0.2) is 31.9 Å². The van der Waals surface area contributed by atoms with E-state index >= 15 is 0 Å². The third kappa shape index (κ3) is 4.20. The SMILES string of the molecule is COCCC[C@H](C)C(=O)N1CCCSc2ccc(F)cc21. The van der Waals surface area contributed by atoms with E-state index in [0.29, 0.717) is 13.2 Å². The van der Waals surface area contributed by atoms with Crippen LogP contribution in [0.2, 0.25) is 0 Å². The Labute approximate surface area is 129 Å². The zero-order chi connectivity index (χ0) is 15.2. The molecule has 1 atom stereocenters. The summed E-state index contributed by atoms with van der Waals surface area (Å²) in [6, 6.07) is 4.71. The van der Waals surface area contributed by atoms with Gasteiger partial charge in [0.25, 0.3) is 0 Å². The van der Waals surface area contributed by atoms with Gasteiger partial charge in [-0.15, -0.1) is 11.8 Å². The Hall–Kier alpha value is -1.07. The number of benzene rings is 1. The summed E-state index contributed by atoms with van der Waals surface area (Å²) >= 11 is 1.69. The monoisotopic (exact) mass is 311 g/mol. The molecule has 0 aliphatic carbocycles. The average molecular weight is 311 g/mol. The fraction of sp³-hybridized carbons (Fsp3) is 0.562. The molecule has 0 unspecified atom stereocenters. The van der Waals surface area contributed by atoms with Crippen LogP contribution in [0.15, 0.2) is 23.1 Å². The van der Waals surface area contributed by atoms with Crippen LogP contribution in [0.1, 0.15) is 26.2 Å². The van der Waals surface area contributed by atoms with Gasteiger partial charge in [-0.3, -0.25) is 4.79 Å². The van der Waals surface area contributed by atoms with Crippen LogP contribution < -0.4 is 4.90 Å². The summed E-state index contributed by atoms with van der Waals surface area (Å²) in [5, 5.41) is 0. The molecule has 1 heterocycles. The molecule has 0 radical (unpaired) electrons. The molecular weight excluding hydrogens is 289 g/mol. The summed E-state index contributed by atoms with van der Waals surface area (Å²) in [6.07, 6.45) is 2.58. The highest BCUT2D eigenvalue weighted by molar-refractivity contribution is 7.99. The van der Waals surface area contributed by atoms with Gasteiger partial charge in [0.2, 0.25) is 5.91 Å². The smallest absolute Gasteiger partial charge is 0.229 e. The quantitative estimate of drug-likeness (QED) is 0.776. The number of halogens is 1. The largest absolute Gasteiger partial charge is 0.385 e. The molecule has 0 fully saturated rings. The van der Waals surface area contributed by atoms with Gasteiger partial charge in [0.05, 0.1) is 5.69 Å². The Bertz CT molecular complexity index is 495. The third-order valence-electron chi connectivity index (χ3n) is 3.67. The summed E-state index contributed by atoms with van der Waals surface area (Å²) in [4.78, 5) is 15.4. The lowest BCUT2D eigenvalue weighted by atomic mass is 10.0. The third-order valence-corrected chi connectivity index (χ3v) is 4.82. The molecule has 1 amide bonds. The van der Waals surface area contributed by atoms with Crippen molar-refractivity contribution in [1.29, 1.82) is 0 Å². The Morgan fingerprint density at radius 2 is 2.33 bits per heavy atom. The Morgan fingerprint density at radius 1 is 1.52 bits per heavy atom. The van der Waals surface area contributed by atoms with Crippen molar-refractivity contribution < 1.29 is 13.9 Å². The number of rotatable bonds is 5. The predicted octanol–water partition coefficient (Wildman–Crippen LogP) is 3.72. The van der Waals surface area contributed by atoms with E-state index in [-0.39, 0.29) is 17.6 Å². The maximum Gasteiger partial charge on any atom is 0.229 e. The van der Waals surface area contributed by atoms with Crippen LogP contribution in [-0.2, 0) is 9.53 Å². The van der Waals surface area contributed by atoms with E-state index in [1.54, 1.807) is 29.8 Å². The van der Waals surface area contributed by atoms with Gasteiger partial charge < -0.3 is 9.64 Å². The van der Waals surface area contributed by atoms with Gasteiger partial charge >= 0.3 is 0 Å². The minimum atomic E-state index is -0.291. The van der Waals surface area contributed by atoms with Crippen molar-refractivity contribution in [3.05, 3.63) is 24.0 Å². The van der Waals surface area contributed by atoms with Gasteiger partial charge in [-0.1, -0.05) is 6.92 Å². The number of fused-ring (bicyclic) bond motifs is 1. The maximum atomic E-state index is 13.5. The zero-order valence-corrected chi connectivity index (χ0v) is 13.4. The van der Waals surface area contributed by atoms with Gasteiger partial charge in [-0.05, 0) is 43.2 Å². The number of anilines is 1. The van der Waals surface area contributed by atoms with E-state index < -0.39 is 0 Å². The number of amides is 1. The molecule has 0 saturated heterocycles. The first kappa shape index (κ1) is 16.3. The lowest BCUT2D eigenvalue weighted by molar-refractivity contribution is -0.122. The molecule has 2 rings (SSSR count). The van der Waals surface area contributed by atoms with Crippen LogP contribution in [0, 0.1) is 11.7 Å². The van der Waals surface area contributed by atoms with E-state index in [1.807, 2.05) is 6.92 Å². The molecule has 0 N–H and O–H groups in total. The van der Waals surface area contributed by atoms with E-state index in [0.717, 1.165) is 35.6 Å². The number of thioether (sulfide) groups is 1. The fourth-order valence-electron chi connectivity index (χ4n) is 2.50. The lowest BCUT2D eigenvalue weighted by Crippen LogP contribution is -2.36. The number of methoxy groups -OCH3 is 1. The van der Waals surface area contributed by atoms with Crippen molar-refractivity contribution >= 4 is 23.4 Å². The first-order valence-corrected chi connectivity index (χ1v) is 8.34. The van der Waals surface area contributed by atoms with Crippen molar-refractivity contribution in [2.75, 3.05) is 30.9 Å². The van der Waals surface area contributed by atoms with E-state index in [4.69, 9.17) is 4.74 Å². The second-order valence-corrected chi connectivity index (χ2v) is 6.48. The number of carbonyl (C=O) groups excluding carboxylic acids is 1. The van der Waals surface area contributed by atoms with Gasteiger partial charge in [0.1, 0.15) is 5.82 Å². The van der Waals surface area contributed by atoms with Gasteiger partial charge in [0.15, 0.2) is 0 Å². The van der Waals surface area contributed by atoms with Crippen LogP contribution in [0.4, 0.5) is 10.1 Å². The number of ether oxygens (including phenoxy) is 1. The van der Waals surface area contributed by atoms with Gasteiger partial charge in [-0.2, -0.15) is 0 Å². The summed E-state index contributed by atoms with van der Waals surface area (Å²) in [7, 11) is 1.66. The topological polar surface area (TPSA) is 29.5 Å². The summed E-state index contributed by atoms with van der Waals surface area (Å²) in [5.74, 6) is 0.682. The first-order chi connectivity index (χ1) is 10.1. The highest BCUT2D eigenvalue weighted by Gasteiger charge is 2.25. The van der Waals surface area contributed by atoms with E-state index in [9.17, 15) is 9.18 Å². The summed E-state index contributed by atoms with van der Waals surface area (Å²) in [5.41, 5.74) is 0.723. The second-order valence-electron chi connectivity index (χ2n) is 5.34. The zero-order valence-electron chi connectivity index (χ0n) is 12.6. The highest BCUT2D eigenvalue weighted by Crippen LogP contribution is 2.35. The minimum absolute atomic E-state index is 0.0700. The van der Waals surface area contributed by atoms with E-state index in [2.05, 4.69) is 0 Å². The van der Waals surface area contributed by atoms with Crippen molar-refractivity contribution in [3.8, 4) is 0 Å². The predicted molar refractivity (Wildman–Crippen MR) is 84.4 cm³/mol. The minimum Gasteiger partial charge on any atom is -0.385 e. The average Bonchev–Trinajstić information content (AvgIpc) is 2.68. The molecule has 0 aromatic heterocycles. The molecule has 0 bridgehead atoms. The van der Waals surface area contributed by atoms with Crippen molar-refractivity contribution in [2.24, 2.45) is 5.92 Å². The second kappa shape index (κ2) is 7.80. The summed E-state index contributed by atoms with van der Waals surface area (Å²) < 4.78 is 18.6. The van der Waals surface area contributed by atoms with Crippen LogP contribution in [0.3, 0.4) is 0 Å². The molecule has 1 aliphatic heterocycles. The maximum absolute atomic E-state index is 13.5. The molecule has 1 aromatic rings. The normalized spacial score (nSPS) is 16.2. The molecule has 1 aromatic carbocycles. The highest BCUT2D eigenvalue weighted by atomic mass is 32.2.